The van der Waals surface area contributed by atoms with E-state index in [1.807, 2.05) is 13.0 Å². The minimum atomic E-state index is -0.332. The molecule has 0 heterocycles. The number of benzene rings is 1. The Morgan fingerprint density at radius 1 is 1.44 bits per heavy atom. The van der Waals surface area contributed by atoms with Crippen LogP contribution >= 0.6 is 11.6 Å². The van der Waals surface area contributed by atoms with Gasteiger partial charge in [-0.3, -0.25) is 4.79 Å². The van der Waals surface area contributed by atoms with E-state index in [-0.39, 0.29) is 11.5 Å². The topological polar surface area (TPSA) is 52.9 Å². The van der Waals surface area contributed by atoms with Crippen LogP contribution in [0.1, 0.15) is 25.3 Å². The summed E-state index contributed by atoms with van der Waals surface area (Å²) in [5.74, 6) is -0.332. The molecule has 0 saturated heterocycles. The fourth-order valence-electron chi connectivity index (χ4n) is 1.35. The molecule has 0 unspecified atom stereocenters. The molecule has 0 atom stereocenters. The molecular formula is C14H15ClN2O. The first kappa shape index (κ1) is 14.3. The third-order valence-electron chi connectivity index (χ3n) is 2.36. The summed E-state index contributed by atoms with van der Waals surface area (Å²) < 4.78 is 0. The fraction of sp³-hybridized carbons (Fsp3) is 0.286. The first-order chi connectivity index (χ1) is 8.67. The van der Waals surface area contributed by atoms with Crippen LogP contribution in [-0.4, -0.2) is 12.5 Å². The normalized spacial score (nSPS) is 10.8. The molecule has 1 aromatic carbocycles. The third-order valence-corrected chi connectivity index (χ3v) is 2.61. The second-order valence-corrected chi connectivity index (χ2v) is 4.27. The molecule has 94 valence electrons. The van der Waals surface area contributed by atoms with Gasteiger partial charge in [-0.1, -0.05) is 37.1 Å². The highest BCUT2D eigenvalue weighted by molar-refractivity contribution is 6.30. The summed E-state index contributed by atoms with van der Waals surface area (Å²) in [6, 6.07) is 8.87. The van der Waals surface area contributed by atoms with Crippen molar-refractivity contribution < 1.29 is 4.79 Å². The highest BCUT2D eigenvalue weighted by Gasteiger charge is 2.07. The van der Waals surface area contributed by atoms with Crippen molar-refractivity contribution in [1.82, 2.24) is 5.32 Å². The summed E-state index contributed by atoms with van der Waals surface area (Å²) in [5, 5.41) is 12.3. The number of halogens is 1. The van der Waals surface area contributed by atoms with Crippen molar-refractivity contribution in [1.29, 1.82) is 5.26 Å². The molecule has 1 aromatic rings. The van der Waals surface area contributed by atoms with E-state index in [9.17, 15) is 4.79 Å². The maximum absolute atomic E-state index is 11.7. The zero-order valence-corrected chi connectivity index (χ0v) is 11.0. The molecule has 3 nitrogen and oxygen atoms in total. The van der Waals surface area contributed by atoms with Crippen LogP contribution in [0.2, 0.25) is 5.02 Å². The lowest BCUT2D eigenvalue weighted by Gasteiger charge is -2.02. The van der Waals surface area contributed by atoms with Crippen LogP contribution in [-0.2, 0) is 4.79 Å². The second kappa shape index (κ2) is 7.52. The van der Waals surface area contributed by atoms with Gasteiger partial charge in [-0.05, 0) is 30.2 Å². The first-order valence-corrected chi connectivity index (χ1v) is 6.20. The second-order valence-electron chi connectivity index (χ2n) is 3.83. The van der Waals surface area contributed by atoms with E-state index in [1.165, 1.54) is 0 Å². The van der Waals surface area contributed by atoms with Crippen molar-refractivity contribution in [3.05, 3.63) is 40.4 Å². The molecule has 0 aliphatic carbocycles. The minimum absolute atomic E-state index is 0.105. The fourth-order valence-corrected chi connectivity index (χ4v) is 1.47. The molecule has 0 fully saturated rings. The standard InChI is InChI=1S/C14H15ClN2O/c1-2-3-8-17-14(18)12(10-16)9-11-4-6-13(15)7-5-11/h4-7,9H,2-3,8H2,1H3,(H,17,18). The number of rotatable bonds is 5. The van der Waals surface area contributed by atoms with Crippen LogP contribution in [0.15, 0.2) is 29.8 Å². The molecule has 0 aliphatic heterocycles. The number of nitrogens with one attached hydrogen (secondary N) is 1. The van der Waals surface area contributed by atoms with Gasteiger partial charge in [-0.2, -0.15) is 5.26 Å². The molecule has 4 heteroatoms. The number of hydrogen-bond acceptors (Lipinski definition) is 2. The number of hydrogen-bond donors (Lipinski definition) is 1. The van der Waals surface area contributed by atoms with Gasteiger partial charge in [0.25, 0.3) is 5.91 Å². The number of amides is 1. The van der Waals surface area contributed by atoms with E-state index < -0.39 is 0 Å². The largest absolute Gasteiger partial charge is 0.351 e. The molecule has 0 saturated carbocycles. The van der Waals surface area contributed by atoms with E-state index in [2.05, 4.69) is 5.32 Å². The van der Waals surface area contributed by atoms with Crippen molar-refractivity contribution >= 4 is 23.6 Å². The van der Waals surface area contributed by atoms with Crippen LogP contribution in [0.5, 0.6) is 0 Å². The lowest BCUT2D eigenvalue weighted by atomic mass is 10.1. The summed E-state index contributed by atoms with van der Waals surface area (Å²) in [5.41, 5.74) is 0.884. The molecule has 0 radical (unpaired) electrons. The number of carbonyl (C=O) groups excluding carboxylic acids is 1. The molecular weight excluding hydrogens is 248 g/mol. The highest BCUT2D eigenvalue weighted by atomic mass is 35.5. The Kier molecular flexibility index (Phi) is 5.96. The lowest BCUT2D eigenvalue weighted by Crippen LogP contribution is -2.25. The van der Waals surface area contributed by atoms with Gasteiger partial charge in [0.1, 0.15) is 11.6 Å². The van der Waals surface area contributed by atoms with Crippen LogP contribution in [0.25, 0.3) is 6.08 Å². The van der Waals surface area contributed by atoms with Crippen molar-refractivity contribution in [2.24, 2.45) is 0 Å². The molecule has 0 bridgehead atoms. The average molecular weight is 263 g/mol. The summed E-state index contributed by atoms with van der Waals surface area (Å²) in [4.78, 5) is 11.7. The number of unbranched alkanes of at least 4 members (excludes halogenated alkanes) is 1. The van der Waals surface area contributed by atoms with Gasteiger partial charge in [0.2, 0.25) is 0 Å². The van der Waals surface area contributed by atoms with E-state index in [0.29, 0.717) is 11.6 Å². The number of nitriles is 1. The molecule has 18 heavy (non-hydrogen) atoms. The van der Waals surface area contributed by atoms with Crippen LogP contribution in [0.4, 0.5) is 0 Å². The number of nitrogens with zero attached hydrogens (tertiary/aromatic N) is 1. The van der Waals surface area contributed by atoms with Crippen LogP contribution < -0.4 is 5.32 Å². The van der Waals surface area contributed by atoms with Gasteiger partial charge >= 0.3 is 0 Å². The zero-order chi connectivity index (χ0) is 13.4. The van der Waals surface area contributed by atoms with Gasteiger partial charge in [0.15, 0.2) is 0 Å². The molecule has 1 N–H and O–H groups in total. The average Bonchev–Trinajstić information content (AvgIpc) is 2.38. The Bertz CT molecular complexity index is 472. The highest BCUT2D eigenvalue weighted by Crippen LogP contribution is 2.12. The van der Waals surface area contributed by atoms with E-state index in [4.69, 9.17) is 16.9 Å². The van der Waals surface area contributed by atoms with Gasteiger partial charge in [-0.15, -0.1) is 0 Å². The van der Waals surface area contributed by atoms with Gasteiger partial charge in [0, 0.05) is 11.6 Å². The molecule has 0 spiro atoms. The molecule has 1 rings (SSSR count). The number of carbonyl (C=O) groups is 1. The van der Waals surface area contributed by atoms with Crippen molar-refractivity contribution in [2.75, 3.05) is 6.54 Å². The van der Waals surface area contributed by atoms with Crippen molar-refractivity contribution in [3.63, 3.8) is 0 Å². The SMILES string of the molecule is CCCCNC(=O)C(C#N)=Cc1ccc(Cl)cc1. The first-order valence-electron chi connectivity index (χ1n) is 5.83. The lowest BCUT2D eigenvalue weighted by molar-refractivity contribution is -0.117. The Labute approximate surface area is 112 Å². The molecule has 0 aliphatic rings. The predicted molar refractivity (Wildman–Crippen MR) is 73.0 cm³/mol. The van der Waals surface area contributed by atoms with E-state index in [0.717, 1.165) is 18.4 Å². The Morgan fingerprint density at radius 3 is 2.67 bits per heavy atom. The van der Waals surface area contributed by atoms with Crippen LogP contribution in [0.3, 0.4) is 0 Å². The summed E-state index contributed by atoms with van der Waals surface area (Å²) in [7, 11) is 0. The van der Waals surface area contributed by atoms with Crippen LogP contribution in [0, 0.1) is 11.3 Å². The Hall–Kier alpha value is -1.79. The van der Waals surface area contributed by atoms with Gasteiger partial charge < -0.3 is 5.32 Å². The Morgan fingerprint density at radius 2 is 2.11 bits per heavy atom. The molecule has 0 aromatic heterocycles. The van der Waals surface area contributed by atoms with E-state index >= 15 is 0 Å². The minimum Gasteiger partial charge on any atom is -0.351 e. The van der Waals surface area contributed by atoms with Gasteiger partial charge in [-0.25, -0.2) is 0 Å². The quantitative estimate of drug-likeness (QED) is 0.503. The third kappa shape index (κ3) is 4.60. The van der Waals surface area contributed by atoms with Gasteiger partial charge in [0.05, 0.1) is 0 Å². The summed E-state index contributed by atoms with van der Waals surface area (Å²) >= 11 is 5.76. The Balaban J connectivity index is 2.74. The zero-order valence-electron chi connectivity index (χ0n) is 10.2. The van der Waals surface area contributed by atoms with Crippen molar-refractivity contribution in [3.8, 4) is 6.07 Å². The monoisotopic (exact) mass is 262 g/mol. The smallest absolute Gasteiger partial charge is 0.261 e. The summed E-state index contributed by atoms with van der Waals surface area (Å²) in [6.07, 6.45) is 3.46. The maximum Gasteiger partial charge on any atom is 0.261 e. The maximum atomic E-state index is 11.7. The predicted octanol–water partition coefficient (Wildman–Crippen LogP) is 3.16. The van der Waals surface area contributed by atoms with E-state index in [1.54, 1.807) is 30.3 Å². The summed E-state index contributed by atoms with van der Waals surface area (Å²) in [6.45, 7) is 2.63. The molecule has 1 amide bonds. The van der Waals surface area contributed by atoms with Crippen molar-refractivity contribution in [2.45, 2.75) is 19.8 Å².